The van der Waals surface area contributed by atoms with Crippen molar-refractivity contribution < 1.29 is 17.5 Å². The minimum Gasteiger partial charge on any atom is -0.494 e. The second-order valence-electron chi connectivity index (χ2n) is 6.35. The minimum absolute atomic E-state index is 0.126. The molecular weight excluding hydrogens is 441 g/mol. The van der Waals surface area contributed by atoms with Crippen LogP contribution in [0.1, 0.15) is 33.6 Å². The van der Waals surface area contributed by atoms with Crippen molar-refractivity contribution in [1.29, 1.82) is 0 Å². The molecule has 0 amide bonds. The molecule has 6 nitrogen and oxygen atoms in total. The highest BCUT2D eigenvalue weighted by molar-refractivity contribution is 7.89. The van der Waals surface area contributed by atoms with Crippen LogP contribution in [0, 0.1) is 5.82 Å². The van der Waals surface area contributed by atoms with E-state index < -0.39 is 15.8 Å². The molecule has 168 valence electrons. The Morgan fingerprint density at radius 2 is 1.84 bits per heavy atom. The standard InChI is InChI=1S/C20H21ClFN3O3S.C2H6/c1-3-4-11-24-29(26,27)16-8-6-15(7-9-16)25-13-23-20(21)19(25)14-5-10-18(28-2)17(22)12-14;1-2/h5-10,12-13,24H,3-4,11H2,1-2H3;1-2H3. The molecule has 1 aromatic heterocycles. The summed E-state index contributed by atoms with van der Waals surface area (Å²) in [5, 5.41) is 0.201. The lowest BCUT2D eigenvalue weighted by Gasteiger charge is -2.11. The summed E-state index contributed by atoms with van der Waals surface area (Å²) >= 11 is 6.24. The van der Waals surface area contributed by atoms with E-state index in [0.29, 0.717) is 23.5 Å². The molecule has 0 unspecified atom stereocenters. The number of benzene rings is 2. The SMILES string of the molecule is CC.CCCCNS(=O)(=O)c1ccc(-n2cnc(Cl)c2-c2ccc(OC)c(F)c2)cc1. The van der Waals surface area contributed by atoms with Crippen molar-refractivity contribution in [2.75, 3.05) is 13.7 Å². The lowest BCUT2D eigenvalue weighted by molar-refractivity contribution is 0.386. The Bertz CT molecular complexity index is 1100. The van der Waals surface area contributed by atoms with Gasteiger partial charge < -0.3 is 4.74 Å². The van der Waals surface area contributed by atoms with Gasteiger partial charge in [-0.05, 0) is 48.9 Å². The van der Waals surface area contributed by atoms with Gasteiger partial charge in [-0.1, -0.05) is 38.8 Å². The van der Waals surface area contributed by atoms with E-state index in [4.69, 9.17) is 16.3 Å². The van der Waals surface area contributed by atoms with Crippen molar-refractivity contribution in [1.82, 2.24) is 14.3 Å². The summed E-state index contributed by atoms with van der Waals surface area (Å²) in [5.74, 6) is -0.394. The monoisotopic (exact) mass is 467 g/mol. The number of ether oxygens (including phenoxy) is 1. The Morgan fingerprint density at radius 3 is 2.42 bits per heavy atom. The molecule has 0 aliphatic carbocycles. The van der Waals surface area contributed by atoms with E-state index in [2.05, 4.69) is 9.71 Å². The fourth-order valence-corrected chi connectivity index (χ4v) is 4.16. The van der Waals surface area contributed by atoms with Gasteiger partial charge in [-0.3, -0.25) is 4.57 Å². The van der Waals surface area contributed by atoms with Crippen molar-refractivity contribution in [2.45, 2.75) is 38.5 Å². The lowest BCUT2D eigenvalue weighted by Crippen LogP contribution is -2.24. The molecule has 0 radical (unpaired) electrons. The first-order chi connectivity index (χ1) is 14.9. The fraction of sp³-hybridized carbons (Fsp3) is 0.318. The molecule has 1 heterocycles. The summed E-state index contributed by atoms with van der Waals surface area (Å²) in [6, 6.07) is 10.8. The fourth-order valence-electron chi connectivity index (χ4n) is 2.85. The van der Waals surface area contributed by atoms with Gasteiger partial charge in [0, 0.05) is 17.8 Å². The molecular formula is C22H27ClFN3O3S. The van der Waals surface area contributed by atoms with Crippen molar-refractivity contribution in [3.63, 3.8) is 0 Å². The Kier molecular flexibility index (Phi) is 9.03. The van der Waals surface area contributed by atoms with Gasteiger partial charge in [0.25, 0.3) is 0 Å². The summed E-state index contributed by atoms with van der Waals surface area (Å²) < 4.78 is 48.0. The zero-order valence-corrected chi connectivity index (χ0v) is 19.6. The number of aromatic nitrogens is 2. The summed E-state index contributed by atoms with van der Waals surface area (Å²) in [7, 11) is -2.18. The van der Waals surface area contributed by atoms with Crippen LogP contribution < -0.4 is 9.46 Å². The minimum atomic E-state index is -3.57. The first-order valence-electron chi connectivity index (χ1n) is 10.0. The van der Waals surface area contributed by atoms with E-state index >= 15 is 0 Å². The highest BCUT2D eigenvalue weighted by atomic mass is 35.5. The molecule has 0 atom stereocenters. The van der Waals surface area contributed by atoms with E-state index in [1.807, 2.05) is 20.8 Å². The van der Waals surface area contributed by atoms with E-state index in [1.54, 1.807) is 22.8 Å². The van der Waals surface area contributed by atoms with Gasteiger partial charge in [-0.15, -0.1) is 0 Å². The smallest absolute Gasteiger partial charge is 0.240 e. The average Bonchev–Trinajstić information content (AvgIpc) is 3.16. The third-order valence-corrected chi connectivity index (χ3v) is 6.15. The molecule has 3 aromatic rings. The molecule has 9 heteroatoms. The Labute approximate surface area is 188 Å². The molecule has 1 N–H and O–H groups in total. The molecule has 2 aromatic carbocycles. The van der Waals surface area contributed by atoms with Gasteiger partial charge in [-0.25, -0.2) is 22.5 Å². The highest BCUT2D eigenvalue weighted by Crippen LogP contribution is 2.32. The Balaban J connectivity index is 0.00000166. The summed E-state index contributed by atoms with van der Waals surface area (Å²) in [6.45, 7) is 6.39. The number of rotatable bonds is 8. The van der Waals surface area contributed by atoms with Crippen molar-refractivity contribution >= 4 is 21.6 Å². The van der Waals surface area contributed by atoms with E-state index in [0.717, 1.165) is 12.8 Å². The van der Waals surface area contributed by atoms with Crippen molar-refractivity contribution in [3.8, 4) is 22.7 Å². The number of methoxy groups -OCH3 is 1. The summed E-state index contributed by atoms with van der Waals surface area (Å²) in [6.07, 6.45) is 3.17. The third-order valence-electron chi connectivity index (χ3n) is 4.40. The Morgan fingerprint density at radius 1 is 1.16 bits per heavy atom. The molecule has 0 fully saturated rings. The first kappa shape index (κ1) is 24.8. The van der Waals surface area contributed by atoms with Crippen LogP contribution in [0.15, 0.2) is 53.7 Å². The molecule has 0 aliphatic heterocycles. The van der Waals surface area contributed by atoms with Crippen LogP contribution in [0.25, 0.3) is 16.9 Å². The van der Waals surface area contributed by atoms with Gasteiger partial charge >= 0.3 is 0 Å². The van der Waals surface area contributed by atoms with Crippen LogP contribution in [-0.2, 0) is 10.0 Å². The number of halogens is 2. The predicted octanol–water partition coefficient (Wildman–Crippen LogP) is 5.45. The molecule has 0 bridgehead atoms. The van der Waals surface area contributed by atoms with E-state index in [-0.39, 0.29) is 15.8 Å². The van der Waals surface area contributed by atoms with Gasteiger partial charge in [-0.2, -0.15) is 0 Å². The van der Waals surface area contributed by atoms with Crippen LogP contribution >= 0.6 is 11.6 Å². The topological polar surface area (TPSA) is 73.2 Å². The largest absolute Gasteiger partial charge is 0.494 e. The zero-order chi connectivity index (χ0) is 23.0. The van der Waals surface area contributed by atoms with Crippen LogP contribution in [0.4, 0.5) is 4.39 Å². The number of nitrogens with zero attached hydrogens (tertiary/aromatic N) is 2. The number of unbranched alkanes of at least 4 members (excludes halogenated alkanes) is 1. The van der Waals surface area contributed by atoms with Gasteiger partial charge in [0.05, 0.1) is 17.7 Å². The Hall–Kier alpha value is -2.42. The van der Waals surface area contributed by atoms with Crippen LogP contribution in [0.3, 0.4) is 0 Å². The molecule has 3 rings (SSSR count). The van der Waals surface area contributed by atoms with E-state index in [1.165, 1.54) is 37.7 Å². The molecule has 0 spiro atoms. The quantitative estimate of drug-likeness (QED) is 0.447. The third kappa shape index (κ3) is 5.84. The molecule has 31 heavy (non-hydrogen) atoms. The predicted molar refractivity (Wildman–Crippen MR) is 122 cm³/mol. The van der Waals surface area contributed by atoms with Gasteiger partial charge in [0.2, 0.25) is 10.0 Å². The average molecular weight is 468 g/mol. The maximum absolute atomic E-state index is 14.1. The maximum atomic E-state index is 14.1. The molecule has 0 aliphatic rings. The zero-order valence-electron chi connectivity index (χ0n) is 18.0. The maximum Gasteiger partial charge on any atom is 0.240 e. The van der Waals surface area contributed by atoms with Gasteiger partial charge in [0.15, 0.2) is 16.7 Å². The number of nitrogens with one attached hydrogen (secondary N) is 1. The van der Waals surface area contributed by atoms with Crippen LogP contribution in [0.2, 0.25) is 5.15 Å². The lowest BCUT2D eigenvalue weighted by atomic mass is 10.1. The van der Waals surface area contributed by atoms with Crippen LogP contribution in [-0.4, -0.2) is 31.6 Å². The number of sulfonamides is 1. The summed E-state index contributed by atoms with van der Waals surface area (Å²) in [4.78, 5) is 4.27. The summed E-state index contributed by atoms with van der Waals surface area (Å²) in [5.41, 5.74) is 1.65. The molecule has 0 saturated heterocycles. The second kappa shape index (κ2) is 11.3. The molecule has 0 saturated carbocycles. The van der Waals surface area contributed by atoms with E-state index in [9.17, 15) is 12.8 Å². The van der Waals surface area contributed by atoms with Crippen molar-refractivity contribution in [2.24, 2.45) is 0 Å². The highest BCUT2D eigenvalue weighted by Gasteiger charge is 2.17. The van der Waals surface area contributed by atoms with Crippen molar-refractivity contribution in [3.05, 3.63) is 59.8 Å². The normalized spacial score (nSPS) is 11.0. The number of hydrogen-bond acceptors (Lipinski definition) is 4. The number of hydrogen-bond donors (Lipinski definition) is 1. The second-order valence-corrected chi connectivity index (χ2v) is 8.47. The van der Waals surface area contributed by atoms with Crippen LogP contribution in [0.5, 0.6) is 5.75 Å². The van der Waals surface area contributed by atoms with Gasteiger partial charge in [0.1, 0.15) is 6.33 Å². The first-order valence-corrected chi connectivity index (χ1v) is 11.9. The number of imidazole rings is 1.